The normalized spacial score (nSPS) is 10.4. The second kappa shape index (κ2) is 10.3. The standard InChI is InChI=1S/C20H25NO5/c1-25-18-9-6-16(14-19(18)26-13-3-2-12-22)20(24)21-11-10-15-4-7-17(23)8-5-15/h4-9,14,22-23H,2-3,10-13H2,1H3,(H,21,24). The molecule has 0 atom stereocenters. The Morgan fingerprint density at radius 1 is 1.08 bits per heavy atom. The van der Waals surface area contributed by atoms with Crippen LogP contribution in [-0.4, -0.2) is 43.0 Å². The Bertz CT molecular complexity index is 700. The van der Waals surface area contributed by atoms with Crippen molar-refractivity contribution in [2.24, 2.45) is 0 Å². The van der Waals surface area contributed by atoms with Gasteiger partial charge in [-0.05, 0) is 55.2 Å². The predicted molar refractivity (Wildman–Crippen MR) is 99.0 cm³/mol. The lowest BCUT2D eigenvalue weighted by Gasteiger charge is -2.12. The molecule has 0 heterocycles. The topological polar surface area (TPSA) is 88.0 Å². The molecule has 0 saturated carbocycles. The van der Waals surface area contributed by atoms with E-state index in [2.05, 4.69) is 5.32 Å². The number of unbranched alkanes of at least 4 members (excludes halogenated alkanes) is 1. The second-order valence-electron chi connectivity index (χ2n) is 5.82. The van der Waals surface area contributed by atoms with Gasteiger partial charge in [0.05, 0.1) is 13.7 Å². The predicted octanol–water partition coefficient (Wildman–Crippen LogP) is 2.52. The molecule has 6 heteroatoms. The average molecular weight is 359 g/mol. The van der Waals surface area contributed by atoms with E-state index in [4.69, 9.17) is 14.6 Å². The van der Waals surface area contributed by atoms with Crippen LogP contribution in [0.1, 0.15) is 28.8 Å². The summed E-state index contributed by atoms with van der Waals surface area (Å²) in [6, 6.07) is 12.0. The number of hydrogen-bond acceptors (Lipinski definition) is 5. The summed E-state index contributed by atoms with van der Waals surface area (Å²) in [5.74, 6) is 1.11. The summed E-state index contributed by atoms with van der Waals surface area (Å²) >= 11 is 0. The number of aromatic hydroxyl groups is 1. The summed E-state index contributed by atoms with van der Waals surface area (Å²) in [6.45, 7) is 1.06. The van der Waals surface area contributed by atoms with Gasteiger partial charge in [-0.25, -0.2) is 0 Å². The first-order chi connectivity index (χ1) is 12.6. The van der Waals surface area contributed by atoms with Gasteiger partial charge in [-0.2, -0.15) is 0 Å². The summed E-state index contributed by atoms with van der Waals surface area (Å²) in [6.07, 6.45) is 2.06. The van der Waals surface area contributed by atoms with Crippen LogP contribution >= 0.6 is 0 Å². The number of aliphatic hydroxyl groups excluding tert-OH is 1. The number of rotatable bonds is 10. The van der Waals surface area contributed by atoms with E-state index in [1.54, 1.807) is 37.4 Å². The van der Waals surface area contributed by atoms with Crippen LogP contribution in [0.5, 0.6) is 17.2 Å². The zero-order valence-corrected chi connectivity index (χ0v) is 14.9. The maximum Gasteiger partial charge on any atom is 0.251 e. The molecular formula is C20H25NO5. The molecule has 0 radical (unpaired) electrons. The van der Waals surface area contributed by atoms with Crippen molar-refractivity contribution in [2.75, 3.05) is 26.9 Å². The van der Waals surface area contributed by atoms with Crippen LogP contribution in [0, 0.1) is 0 Å². The number of hydrogen-bond donors (Lipinski definition) is 3. The van der Waals surface area contributed by atoms with Gasteiger partial charge in [-0.1, -0.05) is 12.1 Å². The minimum atomic E-state index is -0.188. The quantitative estimate of drug-likeness (QED) is 0.568. The first kappa shape index (κ1) is 19.6. The highest BCUT2D eigenvalue weighted by Crippen LogP contribution is 2.28. The minimum Gasteiger partial charge on any atom is -0.508 e. The molecule has 26 heavy (non-hydrogen) atoms. The number of phenols is 1. The number of carbonyl (C=O) groups excluding carboxylic acids is 1. The van der Waals surface area contributed by atoms with E-state index < -0.39 is 0 Å². The number of methoxy groups -OCH3 is 1. The maximum absolute atomic E-state index is 12.3. The van der Waals surface area contributed by atoms with E-state index in [-0.39, 0.29) is 18.3 Å². The van der Waals surface area contributed by atoms with E-state index in [1.807, 2.05) is 12.1 Å². The fourth-order valence-electron chi connectivity index (χ4n) is 2.41. The number of ether oxygens (including phenoxy) is 2. The van der Waals surface area contributed by atoms with Crippen LogP contribution in [0.25, 0.3) is 0 Å². The minimum absolute atomic E-state index is 0.129. The number of nitrogens with one attached hydrogen (secondary N) is 1. The Kier molecular flexibility index (Phi) is 7.76. The SMILES string of the molecule is COc1ccc(C(=O)NCCc2ccc(O)cc2)cc1OCCCCO. The molecule has 0 fully saturated rings. The Labute approximate surface area is 153 Å². The third-order valence-electron chi connectivity index (χ3n) is 3.87. The third-order valence-corrected chi connectivity index (χ3v) is 3.87. The van der Waals surface area contributed by atoms with Crippen LogP contribution in [0.2, 0.25) is 0 Å². The van der Waals surface area contributed by atoms with Crippen LogP contribution < -0.4 is 14.8 Å². The Balaban J connectivity index is 1.91. The van der Waals surface area contributed by atoms with Gasteiger partial charge in [0.2, 0.25) is 0 Å². The largest absolute Gasteiger partial charge is 0.508 e. The van der Waals surface area contributed by atoms with Crippen molar-refractivity contribution in [3.63, 3.8) is 0 Å². The lowest BCUT2D eigenvalue weighted by atomic mass is 10.1. The van der Waals surface area contributed by atoms with Gasteiger partial charge in [0.1, 0.15) is 5.75 Å². The molecule has 2 rings (SSSR count). The van der Waals surface area contributed by atoms with E-state index in [9.17, 15) is 9.90 Å². The van der Waals surface area contributed by atoms with Crippen LogP contribution in [-0.2, 0) is 6.42 Å². The Morgan fingerprint density at radius 2 is 1.85 bits per heavy atom. The smallest absolute Gasteiger partial charge is 0.251 e. The van der Waals surface area contributed by atoms with E-state index in [1.165, 1.54) is 0 Å². The molecule has 0 aliphatic rings. The molecule has 140 valence electrons. The number of aliphatic hydroxyl groups is 1. The van der Waals surface area contributed by atoms with Crippen molar-refractivity contribution >= 4 is 5.91 Å². The van der Waals surface area contributed by atoms with Crippen LogP contribution in [0.4, 0.5) is 0 Å². The number of carbonyl (C=O) groups is 1. The van der Waals surface area contributed by atoms with Crippen molar-refractivity contribution in [1.82, 2.24) is 5.32 Å². The molecule has 0 aromatic heterocycles. The fraction of sp³-hybridized carbons (Fsp3) is 0.350. The van der Waals surface area contributed by atoms with Gasteiger partial charge in [-0.3, -0.25) is 4.79 Å². The van der Waals surface area contributed by atoms with Gasteiger partial charge in [0.15, 0.2) is 11.5 Å². The van der Waals surface area contributed by atoms with Crippen molar-refractivity contribution in [3.05, 3.63) is 53.6 Å². The number of phenolic OH excluding ortho intramolecular Hbond substituents is 1. The van der Waals surface area contributed by atoms with E-state index in [0.29, 0.717) is 43.1 Å². The summed E-state index contributed by atoms with van der Waals surface area (Å²) in [5.41, 5.74) is 1.53. The highest BCUT2D eigenvalue weighted by Gasteiger charge is 2.11. The first-order valence-electron chi connectivity index (χ1n) is 8.62. The van der Waals surface area contributed by atoms with Crippen molar-refractivity contribution in [1.29, 1.82) is 0 Å². The highest BCUT2D eigenvalue weighted by atomic mass is 16.5. The second-order valence-corrected chi connectivity index (χ2v) is 5.82. The summed E-state index contributed by atoms with van der Waals surface area (Å²) in [5, 5.41) is 21.0. The van der Waals surface area contributed by atoms with Crippen molar-refractivity contribution in [3.8, 4) is 17.2 Å². The van der Waals surface area contributed by atoms with Crippen LogP contribution in [0.15, 0.2) is 42.5 Å². The molecule has 1 amide bonds. The monoisotopic (exact) mass is 359 g/mol. The highest BCUT2D eigenvalue weighted by molar-refractivity contribution is 5.94. The molecule has 0 bridgehead atoms. The lowest BCUT2D eigenvalue weighted by Crippen LogP contribution is -2.25. The van der Waals surface area contributed by atoms with E-state index >= 15 is 0 Å². The molecule has 2 aromatic rings. The fourth-order valence-corrected chi connectivity index (χ4v) is 2.41. The molecular weight excluding hydrogens is 334 g/mol. The third kappa shape index (κ3) is 5.97. The molecule has 0 spiro atoms. The molecule has 0 saturated heterocycles. The van der Waals surface area contributed by atoms with Crippen LogP contribution in [0.3, 0.4) is 0 Å². The Hall–Kier alpha value is -2.73. The molecule has 3 N–H and O–H groups in total. The number of benzene rings is 2. The molecule has 0 aliphatic heterocycles. The summed E-state index contributed by atoms with van der Waals surface area (Å²) in [7, 11) is 1.55. The van der Waals surface area contributed by atoms with Gasteiger partial charge in [-0.15, -0.1) is 0 Å². The summed E-state index contributed by atoms with van der Waals surface area (Å²) < 4.78 is 10.9. The van der Waals surface area contributed by atoms with E-state index in [0.717, 1.165) is 12.0 Å². The van der Waals surface area contributed by atoms with Gasteiger partial charge < -0.3 is 25.0 Å². The van der Waals surface area contributed by atoms with Gasteiger partial charge in [0, 0.05) is 18.7 Å². The Morgan fingerprint density at radius 3 is 2.54 bits per heavy atom. The molecule has 0 unspecified atom stereocenters. The van der Waals surface area contributed by atoms with Gasteiger partial charge in [0.25, 0.3) is 5.91 Å². The lowest BCUT2D eigenvalue weighted by molar-refractivity contribution is 0.0953. The zero-order chi connectivity index (χ0) is 18.8. The molecule has 6 nitrogen and oxygen atoms in total. The molecule has 2 aromatic carbocycles. The summed E-state index contributed by atoms with van der Waals surface area (Å²) in [4.78, 5) is 12.3. The average Bonchev–Trinajstić information content (AvgIpc) is 2.66. The number of amides is 1. The maximum atomic E-state index is 12.3. The molecule has 0 aliphatic carbocycles. The van der Waals surface area contributed by atoms with Crippen molar-refractivity contribution in [2.45, 2.75) is 19.3 Å². The van der Waals surface area contributed by atoms with Crippen molar-refractivity contribution < 1.29 is 24.5 Å². The first-order valence-corrected chi connectivity index (χ1v) is 8.62. The zero-order valence-electron chi connectivity index (χ0n) is 14.9. The van der Waals surface area contributed by atoms with Gasteiger partial charge >= 0.3 is 0 Å².